The highest BCUT2D eigenvalue weighted by Crippen LogP contribution is 2.41. The highest BCUT2D eigenvalue weighted by Gasteiger charge is 2.26. The Morgan fingerprint density at radius 2 is 1.30 bits per heavy atom. The molecule has 0 saturated heterocycles. The summed E-state index contributed by atoms with van der Waals surface area (Å²) < 4.78 is 92.6. The van der Waals surface area contributed by atoms with Crippen LogP contribution in [0.15, 0.2) is 48.8 Å². The zero-order valence-corrected chi connectivity index (χ0v) is 17.1. The first-order valence-corrected chi connectivity index (χ1v) is 10.2. The Morgan fingerprint density at radius 3 is 1.85 bits per heavy atom. The minimum Gasteiger partial charge on any atom is -0.236 e. The first kappa shape index (κ1) is 22.9. The fourth-order valence-corrected chi connectivity index (χ4v) is 4.22. The molecule has 0 spiro atoms. The normalized spacial score (nSPS) is 18.3. The van der Waals surface area contributed by atoms with Crippen molar-refractivity contribution in [2.75, 3.05) is 0 Å². The van der Waals surface area contributed by atoms with Crippen molar-refractivity contribution in [2.45, 2.75) is 37.5 Å². The summed E-state index contributed by atoms with van der Waals surface area (Å²) in [6, 6.07) is 4.91. The predicted octanol–water partition coefficient (Wildman–Crippen LogP) is 7.68. The maximum atomic E-state index is 14.4. The fourth-order valence-electron chi connectivity index (χ4n) is 4.22. The first-order chi connectivity index (χ1) is 15.7. The van der Waals surface area contributed by atoms with Gasteiger partial charge < -0.3 is 0 Å². The van der Waals surface area contributed by atoms with Gasteiger partial charge in [-0.15, -0.1) is 0 Å². The summed E-state index contributed by atoms with van der Waals surface area (Å²) in [5.41, 5.74) is 0.681. The van der Waals surface area contributed by atoms with E-state index < -0.39 is 40.7 Å². The molecule has 33 heavy (non-hydrogen) atoms. The Morgan fingerprint density at radius 1 is 0.727 bits per heavy atom. The molecule has 1 aliphatic rings. The molecule has 1 saturated carbocycles. The summed E-state index contributed by atoms with van der Waals surface area (Å²) in [6.45, 7) is 0. The SMILES string of the molecule is FC(F)=C(F)c1ccc(C2CCC(c3cnc(-c4cc(F)c(F)c(F)c4)nc3)CC2)c(F)c1. The summed E-state index contributed by atoms with van der Waals surface area (Å²) in [7, 11) is 0. The van der Waals surface area contributed by atoms with Crippen LogP contribution in [0.4, 0.5) is 30.7 Å². The van der Waals surface area contributed by atoms with Gasteiger partial charge in [-0.05, 0) is 66.8 Å². The molecule has 1 aromatic heterocycles. The van der Waals surface area contributed by atoms with E-state index in [1.165, 1.54) is 6.07 Å². The monoisotopic (exact) mass is 466 g/mol. The Balaban J connectivity index is 1.44. The minimum absolute atomic E-state index is 0.0134. The van der Waals surface area contributed by atoms with E-state index in [9.17, 15) is 30.7 Å². The van der Waals surface area contributed by atoms with Gasteiger partial charge in [0.1, 0.15) is 5.82 Å². The van der Waals surface area contributed by atoms with Gasteiger partial charge in [-0.3, -0.25) is 0 Å². The van der Waals surface area contributed by atoms with Crippen LogP contribution in [0.3, 0.4) is 0 Å². The number of rotatable bonds is 4. The molecule has 0 aliphatic heterocycles. The van der Waals surface area contributed by atoms with Gasteiger partial charge >= 0.3 is 6.08 Å². The Labute approximate surface area is 184 Å². The summed E-state index contributed by atoms with van der Waals surface area (Å²) in [5.74, 6) is -6.68. The summed E-state index contributed by atoms with van der Waals surface area (Å²) >= 11 is 0. The van der Waals surface area contributed by atoms with Gasteiger partial charge in [0, 0.05) is 23.5 Å². The van der Waals surface area contributed by atoms with Gasteiger partial charge in [0.15, 0.2) is 29.1 Å². The number of benzene rings is 2. The lowest BCUT2D eigenvalue weighted by molar-refractivity contribution is 0.386. The fraction of sp³-hybridized carbons (Fsp3) is 0.250. The molecule has 0 radical (unpaired) electrons. The second-order valence-corrected chi connectivity index (χ2v) is 7.95. The average Bonchev–Trinajstić information content (AvgIpc) is 2.82. The number of hydrogen-bond acceptors (Lipinski definition) is 2. The van der Waals surface area contributed by atoms with E-state index in [1.54, 1.807) is 12.4 Å². The molecule has 1 heterocycles. The third-order valence-corrected chi connectivity index (χ3v) is 5.97. The van der Waals surface area contributed by atoms with Crippen LogP contribution in [-0.4, -0.2) is 9.97 Å². The Bertz CT molecular complexity index is 1170. The third-order valence-electron chi connectivity index (χ3n) is 5.97. The van der Waals surface area contributed by atoms with Crippen LogP contribution in [-0.2, 0) is 0 Å². The van der Waals surface area contributed by atoms with Gasteiger partial charge in [-0.25, -0.2) is 31.9 Å². The average molecular weight is 466 g/mol. The van der Waals surface area contributed by atoms with Crippen molar-refractivity contribution in [1.29, 1.82) is 0 Å². The zero-order chi connectivity index (χ0) is 23.7. The van der Waals surface area contributed by atoms with Crippen LogP contribution in [0, 0.1) is 23.3 Å². The van der Waals surface area contributed by atoms with Crippen molar-refractivity contribution in [3.8, 4) is 11.4 Å². The number of hydrogen-bond donors (Lipinski definition) is 0. The number of halogens is 7. The highest BCUT2D eigenvalue weighted by molar-refractivity contribution is 5.60. The van der Waals surface area contributed by atoms with E-state index in [1.807, 2.05) is 0 Å². The maximum Gasteiger partial charge on any atom is 0.306 e. The van der Waals surface area contributed by atoms with Crippen LogP contribution in [0.1, 0.15) is 54.2 Å². The van der Waals surface area contributed by atoms with Crippen molar-refractivity contribution >= 4 is 5.83 Å². The number of nitrogens with zero attached hydrogens (tertiary/aromatic N) is 2. The molecule has 1 fully saturated rings. The predicted molar refractivity (Wildman–Crippen MR) is 108 cm³/mol. The second-order valence-electron chi connectivity index (χ2n) is 7.95. The van der Waals surface area contributed by atoms with Crippen molar-refractivity contribution in [3.05, 3.63) is 88.8 Å². The Kier molecular flexibility index (Phi) is 6.49. The van der Waals surface area contributed by atoms with Crippen LogP contribution < -0.4 is 0 Å². The van der Waals surface area contributed by atoms with E-state index >= 15 is 0 Å². The van der Waals surface area contributed by atoms with E-state index in [4.69, 9.17) is 0 Å². The molecule has 0 amide bonds. The van der Waals surface area contributed by atoms with Crippen LogP contribution in [0.25, 0.3) is 17.2 Å². The van der Waals surface area contributed by atoms with E-state index in [2.05, 4.69) is 9.97 Å². The van der Waals surface area contributed by atoms with E-state index in [0.29, 0.717) is 31.2 Å². The van der Waals surface area contributed by atoms with E-state index in [0.717, 1.165) is 29.8 Å². The van der Waals surface area contributed by atoms with Crippen molar-refractivity contribution in [3.63, 3.8) is 0 Å². The van der Waals surface area contributed by atoms with Gasteiger partial charge in [-0.2, -0.15) is 8.78 Å². The van der Waals surface area contributed by atoms with Gasteiger partial charge in [0.2, 0.25) is 0 Å². The molecule has 0 atom stereocenters. The third kappa shape index (κ3) is 4.77. The van der Waals surface area contributed by atoms with Crippen molar-refractivity contribution in [2.24, 2.45) is 0 Å². The molecule has 2 aromatic carbocycles. The van der Waals surface area contributed by atoms with Crippen molar-refractivity contribution < 1.29 is 30.7 Å². The van der Waals surface area contributed by atoms with Gasteiger partial charge in [0.25, 0.3) is 0 Å². The first-order valence-electron chi connectivity index (χ1n) is 10.2. The molecule has 3 aromatic rings. The lowest BCUT2D eigenvalue weighted by Crippen LogP contribution is -2.14. The van der Waals surface area contributed by atoms with Crippen LogP contribution in [0.5, 0.6) is 0 Å². The molecule has 0 unspecified atom stereocenters. The van der Waals surface area contributed by atoms with Gasteiger partial charge in [0.05, 0.1) is 0 Å². The molecule has 1 aliphatic carbocycles. The minimum atomic E-state index is -2.49. The molecule has 2 nitrogen and oxygen atoms in total. The molecule has 4 rings (SSSR count). The second kappa shape index (κ2) is 9.33. The van der Waals surface area contributed by atoms with Gasteiger partial charge in [-0.1, -0.05) is 12.1 Å². The van der Waals surface area contributed by atoms with Crippen LogP contribution in [0.2, 0.25) is 0 Å². The lowest BCUT2D eigenvalue weighted by atomic mass is 9.76. The quantitative estimate of drug-likeness (QED) is 0.291. The summed E-state index contributed by atoms with van der Waals surface area (Å²) in [5, 5.41) is 0. The van der Waals surface area contributed by atoms with Crippen LogP contribution >= 0.6 is 0 Å². The maximum absolute atomic E-state index is 14.4. The van der Waals surface area contributed by atoms with E-state index in [-0.39, 0.29) is 23.2 Å². The summed E-state index contributed by atoms with van der Waals surface area (Å²) in [4.78, 5) is 8.28. The smallest absolute Gasteiger partial charge is 0.236 e. The largest absolute Gasteiger partial charge is 0.306 e. The molecular weight excluding hydrogens is 449 g/mol. The zero-order valence-electron chi connectivity index (χ0n) is 17.1. The molecule has 172 valence electrons. The summed E-state index contributed by atoms with van der Waals surface area (Å²) in [6.07, 6.45) is 3.19. The lowest BCUT2D eigenvalue weighted by Gasteiger charge is -2.29. The van der Waals surface area contributed by atoms with Crippen molar-refractivity contribution in [1.82, 2.24) is 9.97 Å². The highest BCUT2D eigenvalue weighted by atomic mass is 19.3. The standard InChI is InChI=1S/C24H17F7N2/c25-18-7-14(21(28)23(30)31)5-6-17(18)13-3-1-12(2-4-13)16-10-32-24(33-11-16)15-8-19(26)22(29)20(27)9-15/h5-13H,1-4H2. The molecule has 0 N–H and O–H groups in total. The Hall–Kier alpha value is -3.23. The molecular formula is C24H17F7N2. The number of aromatic nitrogens is 2. The molecule has 9 heteroatoms. The molecule has 0 bridgehead atoms. The topological polar surface area (TPSA) is 25.8 Å².